The fourth-order valence-corrected chi connectivity index (χ4v) is 6.03. The number of rotatable bonds is 28. The topological polar surface area (TPSA) is 44.5 Å². The van der Waals surface area contributed by atoms with Crippen molar-refractivity contribution in [2.45, 2.75) is 141 Å². The van der Waals surface area contributed by atoms with Gasteiger partial charge in [0.1, 0.15) is 0 Å². The molecule has 0 aliphatic heterocycles. The third-order valence-corrected chi connectivity index (χ3v) is 8.77. The molecule has 2 aromatic rings. The average molecular weight is 598 g/mol. The van der Waals surface area contributed by atoms with Crippen molar-refractivity contribution >= 4 is 12.6 Å². The van der Waals surface area contributed by atoms with Crippen LogP contribution < -0.4 is 5.73 Å². The van der Waals surface area contributed by atoms with Crippen LogP contribution in [0.2, 0.25) is 0 Å². The SMILES string of the molecule is CCCCCCCCCCCCCCCCCCOC(c1cccc(CS)c1)C(CCCN)COCc1ccccc1. The molecule has 0 aliphatic carbocycles. The number of hydrogen-bond donors (Lipinski definition) is 2. The van der Waals surface area contributed by atoms with Gasteiger partial charge in [0.05, 0.1) is 19.3 Å². The molecule has 0 saturated carbocycles. The number of benzene rings is 2. The zero-order valence-electron chi connectivity index (χ0n) is 27.0. The van der Waals surface area contributed by atoms with Crippen LogP contribution in [0.15, 0.2) is 54.6 Å². The lowest BCUT2D eigenvalue weighted by Crippen LogP contribution is -2.23. The molecule has 0 aromatic heterocycles. The molecular formula is C38H63NO2S. The quantitative estimate of drug-likeness (QED) is 0.0757. The lowest BCUT2D eigenvalue weighted by atomic mass is 9.91. The Morgan fingerprint density at radius 3 is 1.81 bits per heavy atom. The first-order chi connectivity index (χ1) is 20.8. The summed E-state index contributed by atoms with van der Waals surface area (Å²) < 4.78 is 12.9. The number of unbranched alkanes of at least 4 members (excludes halogenated alkanes) is 15. The molecule has 0 radical (unpaired) electrons. The van der Waals surface area contributed by atoms with Crippen molar-refractivity contribution in [3.8, 4) is 0 Å². The van der Waals surface area contributed by atoms with Gasteiger partial charge < -0.3 is 15.2 Å². The van der Waals surface area contributed by atoms with E-state index in [4.69, 9.17) is 15.2 Å². The Balaban J connectivity index is 1.69. The van der Waals surface area contributed by atoms with Gasteiger partial charge in [-0.15, -0.1) is 0 Å². The molecule has 3 nitrogen and oxygen atoms in total. The Bertz CT molecular complexity index is 861. The van der Waals surface area contributed by atoms with E-state index in [1.54, 1.807) is 0 Å². The van der Waals surface area contributed by atoms with Crippen LogP contribution in [0.1, 0.15) is 145 Å². The van der Waals surface area contributed by atoms with Gasteiger partial charge in [-0.05, 0) is 42.5 Å². The van der Waals surface area contributed by atoms with Gasteiger partial charge >= 0.3 is 0 Å². The lowest BCUT2D eigenvalue weighted by Gasteiger charge is -2.28. The molecule has 2 atom stereocenters. The third kappa shape index (κ3) is 17.7. The van der Waals surface area contributed by atoms with Crippen LogP contribution in [-0.4, -0.2) is 19.8 Å². The predicted molar refractivity (Wildman–Crippen MR) is 185 cm³/mol. The molecule has 2 rings (SSSR count). The van der Waals surface area contributed by atoms with Crippen molar-refractivity contribution in [2.24, 2.45) is 11.7 Å². The number of thiol groups is 1. The second-order valence-electron chi connectivity index (χ2n) is 12.2. The van der Waals surface area contributed by atoms with Crippen LogP contribution in [-0.2, 0) is 21.8 Å². The van der Waals surface area contributed by atoms with Gasteiger partial charge in [-0.3, -0.25) is 0 Å². The molecule has 0 spiro atoms. The fourth-order valence-electron chi connectivity index (χ4n) is 5.84. The molecule has 2 N–H and O–H groups in total. The molecule has 0 saturated heterocycles. The highest BCUT2D eigenvalue weighted by molar-refractivity contribution is 7.79. The number of hydrogen-bond acceptors (Lipinski definition) is 4. The third-order valence-electron chi connectivity index (χ3n) is 8.41. The van der Waals surface area contributed by atoms with Gasteiger partial charge in [0, 0.05) is 18.3 Å². The lowest BCUT2D eigenvalue weighted by molar-refractivity contribution is -0.0327. The van der Waals surface area contributed by atoms with Crippen LogP contribution in [0.3, 0.4) is 0 Å². The molecule has 238 valence electrons. The summed E-state index contributed by atoms with van der Waals surface area (Å²) in [6.07, 6.45) is 24.1. The first kappa shape index (κ1) is 36.9. The summed E-state index contributed by atoms with van der Waals surface area (Å²) in [4.78, 5) is 0. The van der Waals surface area contributed by atoms with Crippen molar-refractivity contribution in [2.75, 3.05) is 19.8 Å². The van der Waals surface area contributed by atoms with Crippen LogP contribution >= 0.6 is 12.6 Å². The van der Waals surface area contributed by atoms with E-state index < -0.39 is 0 Å². The van der Waals surface area contributed by atoms with E-state index in [-0.39, 0.29) is 12.0 Å². The first-order valence-corrected chi connectivity index (χ1v) is 18.0. The number of nitrogens with two attached hydrogens (primary N) is 1. The molecule has 0 amide bonds. The highest BCUT2D eigenvalue weighted by Crippen LogP contribution is 2.31. The molecule has 0 aliphatic rings. The molecule has 0 fully saturated rings. The smallest absolute Gasteiger partial charge is 0.0875 e. The van der Waals surface area contributed by atoms with Crippen molar-refractivity contribution in [1.29, 1.82) is 0 Å². The molecule has 4 heteroatoms. The molecule has 2 unspecified atom stereocenters. The Morgan fingerprint density at radius 1 is 0.667 bits per heavy atom. The zero-order valence-corrected chi connectivity index (χ0v) is 27.8. The minimum absolute atomic E-state index is 0.0171. The Kier molecular flexibility index (Phi) is 22.9. The standard InChI is InChI=1S/C38H63NO2S/c1-2-3-4-5-6-7-8-9-10-11-12-13-14-15-16-20-29-41-38(36-26-21-25-35(30-36)33-42)37(27-22-28-39)32-40-31-34-23-18-17-19-24-34/h17-19,21,23-26,30,37-38,42H,2-16,20,22,27-29,31-33,39H2,1H3. The van der Waals surface area contributed by atoms with Gasteiger partial charge in [0.15, 0.2) is 0 Å². The van der Waals surface area contributed by atoms with E-state index in [9.17, 15) is 0 Å². The summed E-state index contributed by atoms with van der Waals surface area (Å²) in [6, 6.07) is 19.2. The molecule has 42 heavy (non-hydrogen) atoms. The van der Waals surface area contributed by atoms with Gasteiger partial charge in [0.25, 0.3) is 0 Å². The Morgan fingerprint density at radius 2 is 1.24 bits per heavy atom. The van der Waals surface area contributed by atoms with Gasteiger partial charge in [-0.2, -0.15) is 12.6 Å². The van der Waals surface area contributed by atoms with E-state index in [1.807, 2.05) is 6.07 Å². The predicted octanol–water partition coefficient (Wildman–Crippen LogP) is 11.0. The summed E-state index contributed by atoms with van der Waals surface area (Å²) in [7, 11) is 0. The largest absolute Gasteiger partial charge is 0.376 e. The summed E-state index contributed by atoms with van der Waals surface area (Å²) in [6.45, 7) is 5.08. The highest BCUT2D eigenvalue weighted by Gasteiger charge is 2.24. The van der Waals surface area contributed by atoms with E-state index >= 15 is 0 Å². The fraction of sp³-hybridized carbons (Fsp3) is 0.684. The Hall–Kier alpha value is -1.33. The zero-order chi connectivity index (χ0) is 29.9. The van der Waals surface area contributed by atoms with Crippen molar-refractivity contribution in [3.05, 3.63) is 71.3 Å². The van der Waals surface area contributed by atoms with Gasteiger partial charge in [0.2, 0.25) is 0 Å². The van der Waals surface area contributed by atoms with E-state index in [0.717, 1.165) is 31.6 Å². The molecule has 2 aromatic carbocycles. The molecular weight excluding hydrogens is 534 g/mol. The van der Waals surface area contributed by atoms with Crippen molar-refractivity contribution in [1.82, 2.24) is 0 Å². The van der Waals surface area contributed by atoms with Gasteiger partial charge in [-0.25, -0.2) is 0 Å². The summed E-state index contributed by atoms with van der Waals surface area (Å²) >= 11 is 4.52. The van der Waals surface area contributed by atoms with Crippen molar-refractivity contribution < 1.29 is 9.47 Å². The van der Waals surface area contributed by atoms with E-state index in [0.29, 0.717) is 19.8 Å². The summed E-state index contributed by atoms with van der Waals surface area (Å²) in [5.41, 5.74) is 9.61. The second kappa shape index (κ2) is 26.1. The summed E-state index contributed by atoms with van der Waals surface area (Å²) in [5.74, 6) is 1.01. The minimum atomic E-state index is 0.0171. The summed E-state index contributed by atoms with van der Waals surface area (Å²) in [5, 5.41) is 0. The highest BCUT2D eigenvalue weighted by atomic mass is 32.1. The van der Waals surface area contributed by atoms with Crippen LogP contribution in [0.25, 0.3) is 0 Å². The maximum atomic E-state index is 6.66. The normalized spacial score (nSPS) is 12.9. The van der Waals surface area contributed by atoms with E-state index in [1.165, 1.54) is 113 Å². The first-order valence-electron chi connectivity index (χ1n) is 17.4. The second-order valence-corrected chi connectivity index (χ2v) is 12.5. The average Bonchev–Trinajstić information content (AvgIpc) is 3.03. The van der Waals surface area contributed by atoms with E-state index in [2.05, 4.69) is 68.1 Å². The molecule has 0 bridgehead atoms. The Labute approximate surface area is 265 Å². The minimum Gasteiger partial charge on any atom is -0.376 e. The van der Waals surface area contributed by atoms with Crippen LogP contribution in [0.5, 0.6) is 0 Å². The maximum Gasteiger partial charge on any atom is 0.0875 e. The number of ether oxygens (including phenoxy) is 2. The van der Waals surface area contributed by atoms with Crippen LogP contribution in [0.4, 0.5) is 0 Å². The molecule has 0 heterocycles. The maximum absolute atomic E-state index is 6.66. The van der Waals surface area contributed by atoms with Crippen LogP contribution in [0, 0.1) is 5.92 Å². The van der Waals surface area contributed by atoms with Gasteiger partial charge in [-0.1, -0.05) is 158 Å². The monoisotopic (exact) mass is 597 g/mol. The van der Waals surface area contributed by atoms with Crippen molar-refractivity contribution in [3.63, 3.8) is 0 Å².